The Labute approximate surface area is 87.0 Å². The molecular formula is C10H10N4O. The summed E-state index contributed by atoms with van der Waals surface area (Å²) in [5, 5.41) is 0. The lowest BCUT2D eigenvalue weighted by Crippen LogP contribution is -2.02. The molecule has 2 aromatic rings. The molecule has 1 aromatic carbocycles. The van der Waals surface area contributed by atoms with E-state index in [9.17, 15) is 0 Å². The van der Waals surface area contributed by atoms with E-state index in [1.54, 1.807) is 0 Å². The molecule has 0 saturated heterocycles. The number of hydrogen-bond acceptors (Lipinski definition) is 5. The Balaban J connectivity index is 2.49. The molecule has 0 atom stereocenters. The molecule has 15 heavy (non-hydrogen) atoms. The number of aromatic nitrogens is 3. The van der Waals surface area contributed by atoms with Gasteiger partial charge in [-0.25, -0.2) is 0 Å². The lowest BCUT2D eigenvalue weighted by Gasteiger charge is -2.02. The predicted octanol–water partition coefficient (Wildman–Crippen LogP) is 1.13. The van der Waals surface area contributed by atoms with Gasteiger partial charge < -0.3 is 10.5 Å². The summed E-state index contributed by atoms with van der Waals surface area (Å²) >= 11 is 0. The molecule has 2 N–H and O–H groups in total. The second-order valence-electron chi connectivity index (χ2n) is 2.87. The van der Waals surface area contributed by atoms with Crippen LogP contribution in [0.2, 0.25) is 0 Å². The highest BCUT2D eigenvalue weighted by atomic mass is 16.5. The first-order valence-electron chi connectivity index (χ1n) is 4.40. The number of rotatable bonds is 2. The summed E-state index contributed by atoms with van der Waals surface area (Å²) in [5.74, 6) is 0.667. The zero-order valence-corrected chi connectivity index (χ0v) is 8.21. The number of methoxy groups -OCH3 is 1. The zero-order chi connectivity index (χ0) is 10.7. The summed E-state index contributed by atoms with van der Waals surface area (Å²) in [6.07, 6.45) is 0. The summed E-state index contributed by atoms with van der Waals surface area (Å²) in [6.45, 7) is 0. The van der Waals surface area contributed by atoms with Gasteiger partial charge in [-0.15, -0.1) is 0 Å². The molecule has 1 heterocycles. The number of ether oxygens (including phenoxy) is 1. The van der Waals surface area contributed by atoms with Crippen LogP contribution in [-0.2, 0) is 0 Å². The molecule has 0 unspecified atom stereocenters. The van der Waals surface area contributed by atoms with Gasteiger partial charge in [-0.05, 0) is 0 Å². The van der Waals surface area contributed by atoms with Gasteiger partial charge in [0, 0.05) is 5.56 Å². The highest BCUT2D eigenvalue weighted by Gasteiger charge is 2.05. The van der Waals surface area contributed by atoms with Gasteiger partial charge >= 0.3 is 6.01 Å². The normalized spacial score (nSPS) is 9.93. The molecule has 2 rings (SSSR count). The Morgan fingerprint density at radius 2 is 1.80 bits per heavy atom. The van der Waals surface area contributed by atoms with E-state index in [1.807, 2.05) is 30.3 Å². The van der Waals surface area contributed by atoms with Crippen molar-refractivity contribution in [1.82, 2.24) is 15.0 Å². The van der Waals surface area contributed by atoms with Crippen molar-refractivity contribution < 1.29 is 4.74 Å². The fourth-order valence-electron chi connectivity index (χ4n) is 1.18. The van der Waals surface area contributed by atoms with Crippen LogP contribution in [0.1, 0.15) is 0 Å². The van der Waals surface area contributed by atoms with Gasteiger partial charge in [-0.3, -0.25) is 0 Å². The van der Waals surface area contributed by atoms with Crippen molar-refractivity contribution in [2.75, 3.05) is 12.8 Å². The average Bonchev–Trinajstić information content (AvgIpc) is 2.29. The molecule has 5 nitrogen and oxygen atoms in total. The van der Waals surface area contributed by atoms with Crippen molar-refractivity contribution in [1.29, 1.82) is 0 Å². The topological polar surface area (TPSA) is 73.9 Å². The molecule has 5 heteroatoms. The Kier molecular flexibility index (Phi) is 2.45. The highest BCUT2D eigenvalue weighted by molar-refractivity contribution is 5.55. The van der Waals surface area contributed by atoms with Crippen molar-refractivity contribution in [3.8, 4) is 17.4 Å². The molecule has 0 spiro atoms. The lowest BCUT2D eigenvalue weighted by atomic mass is 10.2. The van der Waals surface area contributed by atoms with Crippen molar-refractivity contribution in [3.05, 3.63) is 30.3 Å². The quantitative estimate of drug-likeness (QED) is 0.790. The maximum atomic E-state index is 5.53. The van der Waals surface area contributed by atoms with Gasteiger partial charge in [0.15, 0.2) is 5.82 Å². The second-order valence-corrected chi connectivity index (χ2v) is 2.87. The summed E-state index contributed by atoms with van der Waals surface area (Å²) in [6, 6.07) is 9.75. The Morgan fingerprint density at radius 1 is 1.07 bits per heavy atom. The fourth-order valence-corrected chi connectivity index (χ4v) is 1.18. The van der Waals surface area contributed by atoms with Gasteiger partial charge in [0.2, 0.25) is 5.95 Å². The maximum absolute atomic E-state index is 5.53. The minimum absolute atomic E-state index is 0.153. The van der Waals surface area contributed by atoms with E-state index < -0.39 is 0 Å². The standard InChI is InChI=1S/C10H10N4O/c1-15-10-13-8(12-9(11)14-10)7-5-3-2-4-6-7/h2-6H,1H3,(H2,11,12,13,14). The van der Waals surface area contributed by atoms with Crippen LogP contribution in [0.4, 0.5) is 5.95 Å². The molecule has 1 aromatic heterocycles. The first kappa shape index (κ1) is 9.39. The van der Waals surface area contributed by atoms with Crippen molar-refractivity contribution in [2.45, 2.75) is 0 Å². The highest BCUT2D eigenvalue weighted by Crippen LogP contribution is 2.16. The van der Waals surface area contributed by atoms with Gasteiger partial charge in [0.25, 0.3) is 0 Å². The third-order valence-electron chi connectivity index (χ3n) is 1.85. The van der Waals surface area contributed by atoms with E-state index in [4.69, 9.17) is 10.5 Å². The molecule has 76 valence electrons. The number of hydrogen-bond donors (Lipinski definition) is 1. The van der Waals surface area contributed by atoms with Crippen LogP contribution in [0.25, 0.3) is 11.4 Å². The minimum atomic E-state index is 0.153. The van der Waals surface area contributed by atoms with E-state index >= 15 is 0 Å². The van der Waals surface area contributed by atoms with Crippen LogP contribution in [0.3, 0.4) is 0 Å². The Bertz CT molecular complexity index is 458. The smallest absolute Gasteiger partial charge is 0.321 e. The predicted molar refractivity (Wildman–Crippen MR) is 56.2 cm³/mol. The molecule has 0 aliphatic carbocycles. The van der Waals surface area contributed by atoms with E-state index in [-0.39, 0.29) is 12.0 Å². The zero-order valence-electron chi connectivity index (χ0n) is 8.21. The largest absolute Gasteiger partial charge is 0.467 e. The number of benzene rings is 1. The van der Waals surface area contributed by atoms with Gasteiger partial charge in [-0.1, -0.05) is 30.3 Å². The third-order valence-corrected chi connectivity index (χ3v) is 1.85. The van der Waals surface area contributed by atoms with Crippen LogP contribution in [0.15, 0.2) is 30.3 Å². The van der Waals surface area contributed by atoms with E-state index in [0.29, 0.717) is 5.82 Å². The van der Waals surface area contributed by atoms with Crippen LogP contribution in [0, 0.1) is 0 Å². The summed E-state index contributed by atoms with van der Waals surface area (Å²) in [5.41, 5.74) is 6.41. The molecule has 0 saturated carbocycles. The number of anilines is 1. The van der Waals surface area contributed by atoms with Crippen molar-refractivity contribution in [3.63, 3.8) is 0 Å². The molecule has 0 amide bonds. The number of nitrogens with zero attached hydrogens (tertiary/aromatic N) is 3. The minimum Gasteiger partial charge on any atom is -0.467 e. The molecule has 0 radical (unpaired) electrons. The number of nitrogen functional groups attached to an aromatic ring is 1. The van der Waals surface area contributed by atoms with Crippen LogP contribution >= 0.6 is 0 Å². The summed E-state index contributed by atoms with van der Waals surface area (Å²) < 4.78 is 4.91. The van der Waals surface area contributed by atoms with E-state index in [2.05, 4.69) is 15.0 Å². The second kappa shape index (κ2) is 3.91. The lowest BCUT2D eigenvalue weighted by molar-refractivity contribution is 0.379. The summed E-state index contributed by atoms with van der Waals surface area (Å²) in [4.78, 5) is 11.9. The molecule has 0 bridgehead atoms. The Morgan fingerprint density at radius 3 is 2.47 bits per heavy atom. The van der Waals surface area contributed by atoms with Gasteiger partial charge in [0.05, 0.1) is 7.11 Å². The monoisotopic (exact) mass is 202 g/mol. The molecule has 0 aliphatic heterocycles. The molecule has 0 aliphatic rings. The third kappa shape index (κ3) is 2.01. The van der Waals surface area contributed by atoms with Crippen molar-refractivity contribution >= 4 is 5.95 Å². The first-order chi connectivity index (χ1) is 7.29. The average molecular weight is 202 g/mol. The Hall–Kier alpha value is -2.17. The SMILES string of the molecule is COc1nc(N)nc(-c2ccccc2)n1. The summed E-state index contributed by atoms with van der Waals surface area (Å²) in [7, 11) is 1.49. The van der Waals surface area contributed by atoms with Crippen molar-refractivity contribution in [2.24, 2.45) is 0 Å². The van der Waals surface area contributed by atoms with E-state index in [0.717, 1.165) is 5.56 Å². The molecular weight excluding hydrogens is 192 g/mol. The van der Waals surface area contributed by atoms with Crippen LogP contribution < -0.4 is 10.5 Å². The maximum Gasteiger partial charge on any atom is 0.321 e. The van der Waals surface area contributed by atoms with Gasteiger partial charge in [-0.2, -0.15) is 15.0 Å². The van der Waals surface area contributed by atoms with E-state index in [1.165, 1.54) is 7.11 Å². The van der Waals surface area contributed by atoms with Crippen LogP contribution in [0.5, 0.6) is 6.01 Å². The van der Waals surface area contributed by atoms with Gasteiger partial charge in [0.1, 0.15) is 0 Å². The van der Waals surface area contributed by atoms with Crippen LogP contribution in [-0.4, -0.2) is 22.1 Å². The first-order valence-corrected chi connectivity index (χ1v) is 4.40. The molecule has 0 fully saturated rings. The fraction of sp³-hybridized carbons (Fsp3) is 0.100. The number of nitrogens with two attached hydrogens (primary N) is 1.